The molecule has 2 aliphatic heterocycles. The molecule has 3 heteroatoms. The van der Waals surface area contributed by atoms with Crippen LogP contribution in [0.2, 0.25) is 0 Å². The zero-order valence-electron chi connectivity index (χ0n) is 13.6. The fraction of sp³-hybridized carbons (Fsp3) is 0.667. The van der Waals surface area contributed by atoms with E-state index in [0.29, 0.717) is 6.04 Å². The van der Waals surface area contributed by atoms with E-state index in [-0.39, 0.29) is 0 Å². The maximum atomic E-state index is 3.43. The number of fused-ring (bicyclic) bond motifs is 1. The first kappa shape index (κ1) is 15.0. The zero-order chi connectivity index (χ0) is 14.7. The summed E-state index contributed by atoms with van der Waals surface area (Å²) in [5.74, 6) is 0. The van der Waals surface area contributed by atoms with Crippen LogP contribution >= 0.6 is 0 Å². The molecule has 0 spiro atoms. The van der Waals surface area contributed by atoms with Crippen molar-refractivity contribution < 1.29 is 0 Å². The monoisotopic (exact) mass is 287 g/mol. The average Bonchev–Trinajstić information content (AvgIpc) is 2.54. The molecular weight excluding hydrogens is 258 g/mol. The third kappa shape index (κ3) is 3.31. The van der Waals surface area contributed by atoms with Gasteiger partial charge in [-0.25, -0.2) is 0 Å². The summed E-state index contributed by atoms with van der Waals surface area (Å²) < 4.78 is 0. The molecule has 1 unspecified atom stereocenters. The standard InChI is InChI=1S/C18H29N3/c1-3-18-17-6-5-15(14-20-11-8-19-9-12-20)13-16(17)7-10-21(18)4-2/h5-6,13,18-19H,3-4,7-12,14H2,1-2H3. The van der Waals surface area contributed by atoms with E-state index in [1.165, 1.54) is 44.6 Å². The average molecular weight is 287 g/mol. The summed E-state index contributed by atoms with van der Waals surface area (Å²) in [4.78, 5) is 5.19. The fourth-order valence-corrected chi connectivity index (χ4v) is 3.90. The van der Waals surface area contributed by atoms with Crippen LogP contribution in [0.1, 0.15) is 43.0 Å². The number of likely N-dealkylation sites (N-methyl/N-ethyl adjacent to an activating group) is 1. The normalized spacial score (nSPS) is 24.0. The van der Waals surface area contributed by atoms with E-state index in [1.54, 1.807) is 11.1 Å². The Hall–Kier alpha value is -0.900. The molecule has 0 saturated carbocycles. The van der Waals surface area contributed by atoms with Gasteiger partial charge in [-0.3, -0.25) is 9.80 Å². The molecule has 1 fully saturated rings. The van der Waals surface area contributed by atoms with Crippen molar-refractivity contribution in [2.75, 3.05) is 39.3 Å². The molecule has 1 N–H and O–H groups in total. The number of rotatable bonds is 4. The van der Waals surface area contributed by atoms with Crippen LogP contribution in [-0.2, 0) is 13.0 Å². The van der Waals surface area contributed by atoms with Crippen LogP contribution in [0, 0.1) is 0 Å². The Morgan fingerprint density at radius 1 is 1.14 bits per heavy atom. The van der Waals surface area contributed by atoms with Crippen LogP contribution < -0.4 is 5.32 Å². The molecule has 2 heterocycles. The summed E-state index contributed by atoms with van der Waals surface area (Å²) in [5.41, 5.74) is 4.67. The number of piperazine rings is 1. The smallest absolute Gasteiger partial charge is 0.0348 e. The van der Waals surface area contributed by atoms with Crippen molar-refractivity contribution >= 4 is 0 Å². The van der Waals surface area contributed by atoms with Crippen molar-refractivity contribution in [3.05, 3.63) is 34.9 Å². The van der Waals surface area contributed by atoms with Gasteiger partial charge in [-0.05, 0) is 36.1 Å². The molecule has 0 aliphatic carbocycles. The van der Waals surface area contributed by atoms with Gasteiger partial charge in [-0.15, -0.1) is 0 Å². The van der Waals surface area contributed by atoms with E-state index >= 15 is 0 Å². The van der Waals surface area contributed by atoms with E-state index in [2.05, 4.69) is 47.2 Å². The molecule has 116 valence electrons. The van der Waals surface area contributed by atoms with Crippen molar-refractivity contribution in [1.82, 2.24) is 15.1 Å². The quantitative estimate of drug-likeness (QED) is 0.917. The van der Waals surface area contributed by atoms with Crippen LogP contribution in [-0.4, -0.2) is 49.1 Å². The van der Waals surface area contributed by atoms with Gasteiger partial charge in [0, 0.05) is 45.3 Å². The lowest BCUT2D eigenvalue weighted by Crippen LogP contribution is -2.43. The van der Waals surface area contributed by atoms with Crippen molar-refractivity contribution in [2.24, 2.45) is 0 Å². The van der Waals surface area contributed by atoms with Crippen LogP contribution in [0.5, 0.6) is 0 Å². The molecular formula is C18H29N3. The molecule has 0 amide bonds. The summed E-state index contributed by atoms with van der Waals surface area (Å²) in [6, 6.07) is 7.88. The summed E-state index contributed by atoms with van der Waals surface area (Å²) in [5, 5.41) is 3.43. The van der Waals surface area contributed by atoms with Gasteiger partial charge in [-0.2, -0.15) is 0 Å². The van der Waals surface area contributed by atoms with Crippen molar-refractivity contribution in [3.63, 3.8) is 0 Å². The highest BCUT2D eigenvalue weighted by molar-refractivity contribution is 5.36. The number of nitrogens with zero attached hydrogens (tertiary/aromatic N) is 2. The van der Waals surface area contributed by atoms with Crippen molar-refractivity contribution in [3.8, 4) is 0 Å². The first-order chi connectivity index (χ1) is 10.3. The Balaban J connectivity index is 1.75. The second-order valence-electron chi connectivity index (χ2n) is 6.36. The van der Waals surface area contributed by atoms with Crippen LogP contribution in [0.3, 0.4) is 0 Å². The Labute approximate surface area is 129 Å². The van der Waals surface area contributed by atoms with E-state index in [1.807, 2.05) is 0 Å². The Morgan fingerprint density at radius 3 is 2.67 bits per heavy atom. The second kappa shape index (κ2) is 6.91. The molecule has 1 aromatic carbocycles. The highest BCUT2D eigenvalue weighted by Gasteiger charge is 2.25. The minimum atomic E-state index is 0.631. The highest BCUT2D eigenvalue weighted by Crippen LogP contribution is 2.32. The van der Waals surface area contributed by atoms with Gasteiger partial charge in [-0.1, -0.05) is 32.0 Å². The molecule has 0 bridgehead atoms. The molecule has 3 nitrogen and oxygen atoms in total. The van der Waals surface area contributed by atoms with Gasteiger partial charge in [0.1, 0.15) is 0 Å². The van der Waals surface area contributed by atoms with Gasteiger partial charge in [0.2, 0.25) is 0 Å². The van der Waals surface area contributed by atoms with Gasteiger partial charge in [0.05, 0.1) is 0 Å². The summed E-state index contributed by atoms with van der Waals surface area (Å²) in [6.07, 6.45) is 2.44. The van der Waals surface area contributed by atoms with Gasteiger partial charge in [0.25, 0.3) is 0 Å². The predicted octanol–water partition coefficient (Wildman–Crippen LogP) is 2.42. The minimum Gasteiger partial charge on any atom is -0.314 e. The summed E-state index contributed by atoms with van der Waals surface area (Å²) in [6.45, 7) is 12.7. The van der Waals surface area contributed by atoms with Gasteiger partial charge >= 0.3 is 0 Å². The first-order valence-corrected chi connectivity index (χ1v) is 8.60. The molecule has 0 aromatic heterocycles. The third-order valence-corrected chi connectivity index (χ3v) is 5.08. The maximum Gasteiger partial charge on any atom is 0.0348 e. The lowest BCUT2D eigenvalue weighted by Gasteiger charge is -2.36. The van der Waals surface area contributed by atoms with Crippen LogP contribution in [0.4, 0.5) is 0 Å². The van der Waals surface area contributed by atoms with E-state index in [9.17, 15) is 0 Å². The Bertz CT molecular complexity index is 466. The Morgan fingerprint density at radius 2 is 1.95 bits per heavy atom. The molecule has 2 aliphatic rings. The lowest BCUT2D eigenvalue weighted by molar-refractivity contribution is 0.190. The van der Waals surface area contributed by atoms with E-state index < -0.39 is 0 Å². The SMILES string of the molecule is CCC1c2ccc(CN3CCNCC3)cc2CCN1CC. The molecule has 21 heavy (non-hydrogen) atoms. The fourth-order valence-electron chi connectivity index (χ4n) is 3.90. The molecule has 1 aromatic rings. The van der Waals surface area contributed by atoms with Gasteiger partial charge in [0.15, 0.2) is 0 Å². The van der Waals surface area contributed by atoms with E-state index in [4.69, 9.17) is 0 Å². The zero-order valence-corrected chi connectivity index (χ0v) is 13.6. The topological polar surface area (TPSA) is 18.5 Å². The molecule has 0 radical (unpaired) electrons. The van der Waals surface area contributed by atoms with Crippen molar-refractivity contribution in [2.45, 2.75) is 39.3 Å². The number of hydrogen-bond acceptors (Lipinski definition) is 3. The van der Waals surface area contributed by atoms with Gasteiger partial charge < -0.3 is 5.32 Å². The molecule has 3 rings (SSSR count). The lowest BCUT2D eigenvalue weighted by atomic mass is 9.89. The van der Waals surface area contributed by atoms with Crippen LogP contribution in [0.25, 0.3) is 0 Å². The van der Waals surface area contributed by atoms with E-state index in [0.717, 1.165) is 19.6 Å². The minimum absolute atomic E-state index is 0.631. The Kier molecular flexibility index (Phi) is 4.94. The second-order valence-corrected chi connectivity index (χ2v) is 6.36. The molecule has 1 saturated heterocycles. The van der Waals surface area contributed by atoms with Crippen molar-refractivity contribution in [1.29, 1.82) is 0 Å². The number of nitrogens with one attached hydrogen (secondary N) is 1. The number of benzene rings is 1. The summed E-state index contributed by atoms with van der Waals surface area (Å²) in [7, 11) is 0. The predicted molar refractivity (Wildman–Crippen MR) is 88.6 cm³/mol. The van der Waals surface area contributed by atoms with Crippen LogP contribution in [0.15, 0.2) is 18.2 Å². The highest BCUT2D eigenvalue weighted by atomic mass is 15.2. The third-order valence-electron chi connectivity index (χ3n) is 5.08. The molecule has 1 atom stereocenters. The summed E-state index contributed by atoms with van der Waals surface area (Å²) >= 11 is 0. The number of hydrogen-bond donors (Lipinski definition) is 1. The first-order valence-electron chi connectivity index (χ1n) is 8.60. The largest absolute Gasteiger partial charge is 0.314 e. The maximum absolute atomic E-state index is 3.43.